The molecule has 0 N–H and O–H groups in total. The van der Waals surface area contributed by atoms with Crippen molar-refractivity contribution in [2.45, 2.75) is 39.5 Å². The molecule has 2 aliphatic rings. The lowest BCUT2D eigenvalue weighted by Crippen LogP contribution is -2.29. The summed E-state index contributed by atoms with van der Waals surface area (Å²) in [4.78, 5) is 27.2. The average Bonchev–Trinajstić information content (AvgIpc) is 2.81. The molecular weight excluding hydrogens is 416 g/mol. The lowest BCUT2D eigenvalue weighted by atomic mass is 9.63. The Morgan fingerprint density at radius 2 is 0.765 bits per heavy atom. The number of hydrogen-bond acceptors (Lipinski definition) is 2. The normalized spacial score (nSPS) is 18.1. The van der Waals surface area contributed by atoms with Gasteiger partial charge in [0.25, 0.3) is 0 Å². The van der Waals surface area contributed by atoms with E-state index in [0.29, 0.717) is 0 Å². The zero-order valence-corrected chi connectivity index (χ0v) is 19.9. The molecule has 0 heterocycles. The molecule has 6 rings (SSSR count). The van der Waals surface area contributed by atoms with Gasteiger partial charge in [-0.1, -0.05) is 82.9 Å². The van der Waals surface area contributed by atoms with E-state index in [0.717, 1.165) is 66.8 Å². The van der Waals surface area contributed by atoms with Gasteiger partial charge in [0.15, 0.2) is 11.6 Å². The monoisotopic (exact) mass is 442 g/mol. The molecule has 2 nitrogen and oxygen atoms in total. The van der Waals surface area contributed by atoms with E-state index < -0.39 is 0 Å². The largest absolute Gasteiger partial charge is 0.289 e. The van der Waals surface area contributed by atoms with Crippen LogP contribution in [0.25, 0.3) is 0 Å². The molecule has 0 spiro atoms. The summed E-state index contributed by atoms with van der Waals surface area (Å²) in [5.74, 6) is 0.0625. The van der Waals surface area contributed by atoms with Crippen LogP contribution in [-0.4, -0.2) is 11.6 Å². The second kappa shape index (κ2) is 7.36. The third-order valence-electron chi connectivity index (χ3n) is 7.48. The second-order valence-corrected chi connectivity index (χ2v) is 9.98. The van der Waals surface area contributed by atoms with E-state index >= 15 is 0 Å². The molecule has 34 heavy (non-hydrogen) atoms. The second-order valence-electron chi connectivity index (χ2n) is 9.98. The molecule has 0 aliphatic heterocycles. The number of benzene rings is 4. The summed E-state index contributed by atoms with van der Waals surface area (Å²) >= 11 is 0. The maximum atomic E-state index is 13.6. The molecule has 4 aromatic carbocycles. The van der Waals surface area contributed by atoms with E-state index in [2.05, 4.69) is 50.2 Å². The van der Waals surface area contributed by atoms with Crippen molar-refractivity contribution in [1.82, 2.24) is 0 Å². The van der Waals surface area contributed by atoms with Gasteiger partial charge in [-0.05, 0) is 62.1 Å². The molecule has 0 saturated carbocycles. The highest BCUT2D eigenvalue weighted by molar-refractivity contribution is 6.15. The van der Waals surface area contributed by atoms with Crippen LogP contribution in [0.15, 0.2) is 72.8 Å². The minimum atomic E-state index is -0.0571. The van der Waals surface area contributed by atoms with Crippen molar-refractivity contribution in [3.05, 3.63) is 140 Å². The molecule has 2 atom stereocenters. The molecule has 0 amide bonds. The van der Waals surface area contributed by atoms with Crippen LogP contribution in [0.2, 0.25) is 0 Å². The molecule has 2 aliphatic carbocycles. The van der Waals surface area contributed by atoms with Crippen molar-refractivity contribution in [1.29, 1.82) is 0 Å². The third kappa shape index (κ3) is 2.95. The number of ketones is 2. The Morgan fingerprint density at radius 3 is 1.18 bits per heavy atom. The van der Waals surface area contributed by atoms with E-state index in [9.17, 15) is 9.59 Å². The Hall–Kier alpha value is -3.78. The molecule has 0 saturated heterocycles. The fraction of sp³-hybridized carbons (Fsp3) is 0.188. The van der Waals surface area contributed by atoms with E-state index in [-0.39, 0.29) is 23.4 Å². The fourth-order valence-electron chi connectivity index (χ4n) is 5.91. The Morgan fingerprint density at radius 1 is 0.412 bits per heavy atom. The maximum Gasteiger partial charge on any atom is 0.193 e. The van der Waals surface area contributed by atoms with Crippen LogP contribution in [0.5, 0.6) is 0 Å². The Bertz CT molecular complexity index is 1420. The van der Waals surface area contributed by atoms with Crippen LogP contribution < -0.4 is 0 Å². The quantitative estimate of drug-likeness (QED) is 0.319. The van der Waals surface area contributed by atoms with Crippen molar-refractivity contribution < 1.29 is 9.59 Å². The summed E-state index contributed by atoms with van der Waals surface area (Å²) in [5.41, 5.74) is 11.7. The van der Waals surface area contributed by atoms with E-state index in [1.54, 1.807) is 0 Å². The van der Waals surface area contributed by atoms with E-state index in [1.807, 2.05) is 50.2 Å². The number of hydrogen-bond donors (Lipinski definition) is 0. The topological polar surface area (TPSA) is 34.1 Å². The Kier molecular flexibility index (Phi) is 4.50. The summed E-state index contributed by atoms with van der Waals surface area (Å²) in [6, 6.07) is 24.8. The van der Waals surface area contributed by atoms with E-state index in [4.69, 9.17) is 0 Å². The fourth-order valence-corrected chi connectivity index (χ4v) is 5.91. The van der Waals surface area contributed by atoms with Crippen molar-refractivity contribution >= 4 is 11.6 Å². The van der Waals surface area contributed by atoms with Crippen LogP contribution >= 0.6 is 0 Å². The maximum absolute atomic E-state index is 13.6. The molecule has 0 aromatic heterocycles. The average molecular weight is 443 g/mol. The van der Waals surface area contributed by atoms with Gasteiger partial charge in [0, 0.05) is 34.1 Å². The summed E-state index contributed by atoms with van der Waals surface area (Å²) in [6.07, 6.45) is 0. The van der Waals surface area contributed by atoms with Gasteiger partial charge in [0.2, 0.25) is 0 Å². The number of aryl methyl sites for hydroxylation is 4. The summed E-state index contributed by atoms with van der Waals surface area (Å²) in [6.45, 7) is 8.21. The van der Waals surface area contributed by atoms with Crippen molar-refractivity contribution in [2.24, 2.45) is 0 Å². The Balaban J connectivity index is 1.72. The molecule has 0 bridgehead atoms. The van der Waals surface area contributed by atoms with Gasteiger partial charge < -0.3 is 0 Å². The van der Waals surface area contributed by atoms with Crippen LogP contribution in [0.1, 0.15) is 88.2 Å². The van der Waals surface area contributed by atoms with Crippen LogP contribution in [0.3, 0.4) is 0 Å². The predicted molar refractivity (Wildman–Crippen MR) is 135 cm³/mol. The summed E-state index contributed by atoms with van der Waals surface area (Å²) in [5, 5.41) is 0. The molecule has 2 unspecified atom stereocenters. The van der Waals surface area contributed by atoms with Crippen LogP contribution in [-0.2, 0) is 0 Å². The van der Waals surface area contributed by atoms with Crippen LogP contribution in [0.4, 0.5) is 0 Å². The van der Waals surface area contributed by atoms with Gasteiger partial charge in [-0.3, -0.25) is 9.59 Å². The van der Waals surface area contributed by atoms with Gasteiger partial charge in [0.1, 0.15) is 0 Å². The first-order valence-corrected chi connectivity index (χ1v) is 11.8. The third-order valence-corrected chi connectivity index (χ3v) is 7.48. The van der Waals surface area contributed by atoms with Gasteiger partial charge in [-0.15, -0.1) is 0 Å². The zero-order chi connectivity index (χ0) is 23.7. The first kappa shape index (κ1) is 20.8. The highest BCUT2D eigenvalue weighted by Crippen LogP contribution is 2.52. The first-order valence-electron chi connectivity index (χ1n) is 11.8. The molecule has 4 aromatic rings. The predicted octanol–water partition coefficient (Wildman–Crippen LogP) is 6.97. The van der Waals surface area contributed by atoms with Gasteiger partial charge in [-0.25, -0.2) is 0 Å². The molecule has 0 fully saturated rings. The van der Waals surface area contributed by atoms with Crippen molar-refractivity contribution in [3.63, 3.8) is 0 Å². The minimum Gasteiger partial charge on any atom is -0.289 e. The first-order chi connectivity index (χ1) is 16.3. The number of carbonyl (C=O) groups is 2. The van der Waals surface area contributed by atoms with Crippen LogP contribution in [0, 0.1) is 27.7 Å². The molecule has 166 valence electrons. The molecule has 0 radical (unpaired) electrons. The standard InChI is InChI=1S/C32H26O2/c1-17-7-11-23-25(13-17)29(21-9-5-19(3)15-27(21)31(23)33)30-22-10-6-20(4)16-28(22)32(34)24-12-8-18(2)14-26(24)30/h5-16,29-30H,1-4H3. The number of carbonyl (C=O) groups excluding carboxylic acids is 2. The molecular formula is C32H26O2. The summed E-state index contributed by atoms with van der Waals surface area (Å²) < 4.78 is 0. The van der Waals surface area contributed by atoms with Gasteiger partial charge in [0.05, 0.1) is 0 Å². The Labute approximate surface area is 200 Å². The van der Waals surface area contributed by atoms with Crippen molar-refractivity contribution in [3.8, 4) is 0 Å². The number of rotatable bonds is 1. The van der Waals surface area contributed by atoms with Gasteiger partial charge in [-0.2, -0.15) is 0 Å². The summed E-state index contributed by atoms with van der Waals surface area (Å²) in [7, 11) is 0. The minimum absolute atomic E-state index is 0.0571. The lowest BCUT2D eigenvalue weighted by Gasteiger charge is -2.38. The smallest absolute Gasteiger partial charge is 0.193 e. The van der Waals surface area contributed by atoms with Crippen molar-refractivity contribution in [2.75, 3.05) is 0 Å². The highest BCUT2D eigenvalue weighted by atomic mass is 16.1. The number of fused-ring (bicyclic) bond motifs is 4. The van der Waals surface area contributed by atoms with Gasteiger partial charge >= 0.3 is 0 Å². The highest BCUT2D eigenvalue weighted by Gasteiger charge is 2.42. The zero-order valence-electron chi connectivity index (χ0n) is 19.9. The SMILES string of the molecule is Cc1ccc2c(c1)C(=O)c1ccc(C)cc1C2C1c2ccc(C)cc2C(=O)c2ccc(C)cc21. The lowest BCUT2D eigenvalue weighted by molar-refractivity contribution is 0.102. The molecule has 2 heteroatoms. The van der Waals surface area contributed by atoms with E-state index in [1.165, 1.54) is 0 Å².